The minimum absolute atomic E-state index is 0.0562. The highest BCUT2D eigenvalue weighted by Crippen LogP contribution is 2.41. The monoisotopic (exact) mass is 284 g/mol. The van der Waals surface area contributed by atoms with Crippen LogP contribution < -0.4 is 5.32 Å². The molecular weight excluding hydrogens is 252 g/mol. The third kappa shape index (κ3) is 4.45. The molecule has 0 saturated heterocycles. The number of nitrogens with one attached hydrogen (secondary N) is 1. The van der Waals surface area contributed by atoms with Gasteiger partial charge in [-0.3, -0.25) is 0 Å². The summed E-state index contributed by atoms with van der Waals surface area (Å²) in [7, 11) is 0. The molecule has 0 bridgehead atoms. The zero-order chi connectivity index (χ0) is 15.0. The van der Waals surface area contributed by atoms with Gasteiger partial charge in [-0.2, -0.15) is 0 Å². The molecule has 1 N–H and O–H groups in total. The van der Waals surface area contributed by atoms with Crippen LogP contribution in [-0.4, -0.2) is 49.2 Å². The van der Waals surface area contributed by atoms with Crippen molar-refractivity contribution in [3.8, 4) is 0 Å². The quantitative estimate of drug-likeness (QED) is 0.592. The van der Waals surface area contributed by atoms with Crippen LogP contribution in [0.15, 0.2) is 0 Å². The second kappa shape index (κ2) is 8.63. The summed E-state index contributed by atoms with van der Waals surface area (Å²) in [6.45, 7) is 12.4. The van der Waals surface area contributed by atoms with Gasteiger partial charge >= 0.3 is 5.97 Å². The molecule has 20 heavy (non-hydrogen) atoms. The second-order valence-corrected chi connectivity index (χ2v) is 5.72. The van der Waals surface area contributed by atoms with E-state index in [9.17, 15) is 4.79 Å². The van der Waals surface area contributed by atoms with Crippen molar-refractivity contribution in [1.82, 2.24) is 10.2 Å². The summed E-state index contributed by atoms with van der Waals surface area (Å²) in [5, 5.41) is 3.47. The van der Waals surface area contributed by atoms with Gasteiger partial charge in [0.15, 0.2) is 0 Å². The van der Waals surface area contributed by atoms with Gasteiger partial charge in [-0.1, -0.05) is 27.2 Å². The Morgan fingerprint density at radius 2 is 2.00 bits per heavy atom. The molecule has 1 aliphatic carbocycles. The van der Waals surface area contributed by atoms with E-state index in [1.807, 2.05) is 6.92 Å². The fourth-order valence-electron chi connectivity index (χ4n) is 2.87. The zero-order valence-electron chi connectivity index (χ0n) is 13.7. The third-order valence-electron chi connectivity index (χ3n) is 4.15. The fraction of sp³-hybridized carbons (Fsp3) is 0.938. The predicted octanol–water partition coefficient (Wildman–Crippen LogP) is 2.43. The molecule has 0 heterocycles. The summed E-state index contributed by atoms with van der Waals surface area (Å²) in [4.78, 5) is 14.9. The molecule has 1 unspecified atom stereocenters. The van der Waals surface area contributed by atoms with Crippen LogP contribution in [0.2, 0.25) is 0 Å². The molecule has 0 radical (unpaired) electrons. The first-order chi connectivity index (χ1) is 9.64. The molecule has 1 aliphatic rings. The van der Waals surface area contributed by atoms with Gasteiger partial charge in [0.2, 0.25) is 0 Å². The first-order valence-corrected chi connectivity index (χ1v) is 8.29. The van der Waals surface area contributed by atoms with Crippen molar-refractivity contribution >= 4 is 5.97 Å². The normalized spacial score (nSPS) is 18.1. The van der Waals surface area contributed by atoms with Crippen LogP contribution in [0, 0.1) is 5.92 Å². The SMILES string of the molecule is CCCCN(CC)CC(NCC)(C(=O)OCC)C1CC1. The van der Waals surface area contributed by atoms with E-state index >= 15 is 0 Å². The standard InChI is InChI=1S/C16H32N2O2/c1-5-9-12-18(7-3)13-16(17-6-2,14-10-11-14)15(19)20-8-4/h14,17H,5-13H2,1-4H3. The van der Waals surface area contributed by atoms with Crippen LogP contribution in [0.1, 0.15) is 53.4 Å². The van der Waals surface area contributed by atoms with Gasteiger partial charge in [0.25, 0.3) is 0 Å². The number of rotatable bonds is 11. The van der Waals surface area contributed by atoms with Gasteiger partial charge in [0.1, 0.15) is 5.54 Å². The number of ether oxygens (including phenoxy) is 1. The van der Waals surface area contributed by atoms with Crippen LogP contribution in [0.3, 0.4) is 0 Å². The average Bonchev–Trinajstić information content (AvgIpc) is 3.27. The number of hydrogen-bond donors (Lipinski definition) is 1. The number of unbranched alkanes of at least 4 members (excludes halogenated alkanes) is 1. The maximum atomic E-state index is 12.6. The van der Waals surface area contributed by atoms with Crippen LogP contribution >= 0.6 is 0 Å². The van der Waals surface area contributed by atoms with Crippen molar-refractivity contribution in [1.29, 1.82) is 0 Å². The lowest BCUT2D eigenvalue weighted by Gasteiger charge is -2.37. The molecule has 0 aliphatic heterocycles. The lowest BCUT2D eigenvalue weighted by Crippen LogP contribution is -2.61. The van der Waals surface area contributed by atoms with Crippen molar-refractivity contribution < 1.29 is 9.53 Å². The van der Waals surface area contributed by atoms with Crippen LogP contribution in [0.4, 0.5) is 0 Å². The minimum Gasteiger partial charge on any atom is -0.465 e. The van der Waals surface area contributed by atoms with Crippen molar-refractivity contribution in [3.05, 3.63) is 0 Å². The molecule has 1 rings (SSSR count). The summed E-state index contributed by atoms with van der Waals surface area (Å²) < 4.78 is 5.38. The van der Waals surface area contributed by atoms with Crippen molar-refractivity contribution in [2.24, 2.45) is 5.92 Å². The highest BCUT2D eigenvalue weighted by molar-refractivity contribution is 5.82. The lowest BCUT2D eigenvalue weighted by molar-refractivity contribution is -0.153. The van der Waals surface area contributed by atoms with Crippen LogP contribution in [-0.2, 0) is 9.53 Å². The largest absolute Gasteiger partial charge is 0.465 e. The summed E-state index contributed by atoms with van der Waals surface area (Å²) in [6, 6.07) is 0. The Bertz CT molecular complexity index is 292. The molecule has 0 aromatic carbocycles. The molecule has 0 spiro atoms. The first kappa shape index (κ1) is 17.4. The fourth-order valence-corrected chi connectivity index (χ4v) is 2.87. The van der Waals surface area contributed by atoms with Crippen LogP contribution in [0.5, 0.6) is 0 Å². The van der Waals surface area contributed by atoms with Gasteiger partial charge in [-0.15, -0.1) is 0 Å². The van der Waals surface area contributed by atoms with Crippen LogP contribution in [0.25, 0.3) is 0 Å². The molecule has 1 fully saturated rings. The summed E-state index contributed by atoms with van der Waals surface area (Å²) in [5.41, 5.74) is -0.492. The maximum absolute atomic E-state index is 12.6. The molecule has 4 heteroatoms. The van der Waals surface area contributed by atoms with E-state index in [0.29, 0.717) is 12.5 Å². The van der Waals surface area contributed by atoms with Gasteiger partial charge in [-0.05, 0) is 51.7 Å². The van der Waals surface area contributed by atoms with E-state index in [4.69, 9.17) is 4.74 Å². The molecule has 0 aromatic rings. The smallest absolute Gasteiger partial charge is 0.327 e. The third-order valence-corrected chi connectivity index (χ3v) is 4.15. The van der Waals surface area contributed by atoms with E-state index in [-0.39, 0.29) is 5.97 Å². The van der Waals surface area contributed by atoms with Crippen molar-refractivity contribution in [2.45, 2.75) is 58.9 Å². The molecule has 0 aromatic heterocycles. The van der Waals surface area contributed by atoms with Gasteiger partial charge in [0, 0.05) is 6.54 Å². The predicted molar refractivity (Wildman–Crippen MR) is 82.8 cm³/mol. The van der Waals surface area contributed by atoms with Crippen molar-refractivity contribution in [2.75, 3.05) is 32.8 Å². The Kier molecular flexibility index (Phi) is 7.52. The maximum Gasteiger partial charge on any atom is 0.327 e. The lowest BCUT2D eigenvalue weighted by atomic mass is 9.91. The Balaban J connectivity index is 2.81. The van der Waals surface area contributed by atoms with Gasteiger partial charge in [0.05, 0.1) is 6.61 Å². The summed E-state index contributed by atoms with van der Waals surface area (Å²) in [6.07, 6.45) is 4.64. The summed E-state index contributed by atoms with van der Waals surface area (Å²) >= 11 is 0. The second-order valence-electron chi connectivity index (χ2n) is 5.72. The molecule has 1 saturated carbocycles. The zero-order valence-corrected chi connectivity index (χ0v) is 13.7. The number of carbonyl (C=O) groups excluding carboxylic acids is 1. The van der Waals surface area contributed by atoms with Gasteiger partial charge < -0.3 is 15.0 Å². The first-order valence-electron chi connectivity index (χ1n) is 8.29. The highest BCUT2D eigenvalue weighted by atomic mass is 16.5. The summed E-state index contributed by atoms with van der Waals surface area (Å²) in [5.74, 6) is 0.386. The number of carbonyl (C=O) groups is 1. The molecule has 0 amide bonds. The van der Waals surface area contributed by atoms with E-state index < -0.39 is 5.54 Å². The molecule has 118 valence electrons. The highest BCUT2D eigenvalue weighted by Gasteiger charge is 2.52. The molecule has 4 nitrogen and oxygen atoms in total. The molecular formula is C16H32N2O2. The van der Waals surface area contributed by atoms with Crippen molar-refractivity contribution in [3.63, 3.8) is 0 Å². The Morgan fingerprint density at radius 1 is 1.30 bits per heavy atom. The topological polar surface area (TPSA) is 41.6 Å². The Hall–Kier alpha value is -0.610. The number of likely N-dealkylation sites (N-methyl/N-ethyl adjacent to an activating group) is 2. The van der Waals surface area contributed by atoms with Gasteiger partial charge in [-0.25, -0.2) is 4.79 Å². The van der Waals surface area contributed by atoms with E-state index in [2.05, 4.69) is 31.0 Å². The molecule has 1 atom stereocenters. The Labute approximate surface area is 124 Å². The number of hydrogen-bond acceptors (Lipinski definition) is 4. The number of nitrogens with zero attached hydrogens (tertiary/aromatic N) is 1. The Morgan fingerprint density at radius 3 is 2.45 bits per heavy atom. The minimum atomic E-state index is -0.492. The number of esters is 1. The van der Waals surface area contributed by atoms with E-state index in [1.54, 1.807) is 0 Å². The van der Waals surface area contributed by atoms with E-state index in [0.717, 1.165) is 39.0 Å². The van der Waals surface area contributed by atoms with E-state index in [1.165, 1.54) is 12.8 Å². The average molecular weight is 284 g/mol.